The second-order valence-corrected chi connectivity index (χ2v) is 6.51. The molecular formula is C15H28N2O. The Morgan fingerprint density at radius 3 is 2.50 bits per heavy atom. The Kier molecular flexibility index (Phi) is 4.52. The van der Waals surface area contributed by atoms with Crippen LogP contribution in [0.25, 0.3) is 0 Å². The number of nitrogens with zero attached hydrogens (tertiary/aromatic N) is 2. The minimum Gasteiger partial charge on any atom is -0.325 e. The zero-order valence-electron chi connectivity index (χ0n) is 12.2. The minimum absolute atomic E-state index is 0.264. The van der Waals surface area contributed by atoms with Gasteiger partial charge in [0.15, 0.2) is 0 Å². The van der Waals surface area contributed by atoms with Gasteiger partial charge in [-0.15, -0.1) is 0 Å². The highest BCUT2D eigenvalue weighted by molar-refractivity contribution is 5.74. The lowest BCUT2D eigenvalue weighted by atomic mass is 9.86. The zero-order valence-corrected chi connectivity index (χ0v) is 12.2. The van der Waals surface area contributed by atoms with E-state index in [1.807, 2.05) is 11.9 Å². The lowest BCUT2D eigenvalue weighted by Crippen LogP contribution is -2.50. The van der Waals surface area contributed by atoms with E-state index in [2.05, 4.69) is 18.7 Å². The summed E-state index contributed by atoms with van der Waals surface area (Å²) in [5.41, 5.74) is 0. The molecule has 2 amide bonds. The van der Waals surface area contributed by atoms with Crippen molar-refractivity contribution in [2.45, 2.75) is 58.4 Å². The molecule has 3 heteroatoms. The van der Waals surface area contributed by atoms with E-state index in [0.29, 0.717) is 12.0 Å². The van der Waals surface area contributed by atoms with Crippen LogP contribution < -0.4 is 0 Å². The van der Waals surface area contributed by atoms with Crippen LogP contribution in [0.15, 0.2) is 0 Å². The third-order valence-corrected chi connectivity index (χ3v) is 4.69. The van der Waals surface area contributed by atoms with Crippen molar-refractivity contribution in [3.63, 3.8) is 0 Å². The highest BCUT2D eigenvalue weighted by Crippen LogP contribution is 2.27. The molecular weight excluding hydrogens is 224 g/mol. The van der Waals surface area contributed by atoms with E-state index in [1.54, 1.807) is 0 Å². The molecule has 1 aliphatic heterocycles. The summed E-state index contributed by atoms with van der Waals surface area (Å²) >= 11 is 0. The van der Waals surface area contributed by atoms with Gasteiger partial charge in [0.1, 0.15) is 0 Å². The van der Waals surface area contributed by atoms with Crippen molar-refractivity contribution in [1.82, 2.24) is 9.80 Å². The van der Waals surface area contributed by atoms with Gasteiger partial charge >= 0.3 is 6.03 Å². The Bertz CT molecular complexity index is 292. The van der Waals surface area contributed by atoms with Crippen LogP contribution in [-0.4, -0.2) is 42.0 Å². The highest BCUT2D eigenvalue weighted by atomic mass is 16.2. The molecule has 104 valence electrons. The van der Waals surface area contributed by atoms with Crippen molar-refractivity contribution in [2.24, 2.45) is 11.8 Å². The van der Waals surface area contributed by atoms with Gasteiger partial charge in [0.25, 0.3) is 0 Å². The quantitative estimate of drug-likeness (QED) is 0.702. The molecule has 0 aromatic heterocycles. The van der Waals surface area contributed by atoms with Crippen LogP contribution >= 0.6 is 0 Å². The van der Waals surface area contributed by atoms with Crippen molar-refractivity contribution in [2.75, 3.05) is 20.1 Å². The second kappa shape index (κ2) is 5.94. The fourth-order valence-corrected chi connectivity index (χ4v) is 3.50. The fourth-order valence-electron chi connectivity index (χ4n) is 3.50. The molecule has 3 nitrogen and oxygen atoms in total. The molecule has 2 rings (SSSR count). The topological polar surface area (TPSA) is 23.6 Å². The number of likely N-dealkylation sites (tertiary alicyclic amines) is 1. The Labute approximate surface area is 112 Å². The van der Waals surface area contributed by atoms with Gasteiger partial charge < -0.3 is 9.80 Å². The minimum atomic E-state index is 0.264. The van der Waals surface area contributed by atoms with Gasteiger partial charge in [-0.1, -0.05) is 26.7 Å². The Hall–Kier alpha value is -0.730. The summed E-state index contributed by atoms with van der Waals surface area (Å²) in [7, 11) is 2.00. The third-order valence-electron chi connectivity index (χ3n) is 4.69. The van der Waals surface area contributed by atoms with Crippen molar-refractivity contribution in [3.05, 3.63) is 0 Å². The molecule has 2 aliphatic rings. The van der Waals surface area contributed by atoms with Crippen LogP contribution in [0.3, 0.4) is 0 Å². The van der Waals surface area contributed by atoms with Gasteiger partial charge in [0.2, 0.25) is 0 Å². The van der Waals surface area contributed by atoms with E-state index >= 15 is 0 Å². The van der Waals surface area contributed by atoms with Gasteiger partial charge in [-0.2, -0.15) is 0 Å². The van der Waals surface area contributed by atoms with Crippen LogP contribution in [-0.2, 0) is 0 Å². The predicted molar refractivity (Wildman–Crippen MR) is 74.6 cm³/mol. The number of piperidine rings is 1. The predicted octanol–water partition coefficient (Wildman–Crippen LogP) is 3.35. The van der Waals surface area contributed by atoms with Crippen LogP contribution in [0.1, 0.15) is 52.4 Å². The van der Waals surface area contributed by atoms with Gasteiger partial charge in [-0.3, -0.25) is 0 Å². The summed E-state index contributed by atoms with van der Waals surface area (Å²) in [6.07, 6.45) is 7.43. The summed E-state index contributed by atoms with van der Waals surface area (Å²) in [4.78, 5) is 16.6. The Balaban J connectivity index is 1.91. The van der Waals surface area contributed by atoms with E-state index < -0.39 is 0 Å². The van der Waals surface area contributed by atoms with Crippen molar-refractivity contribution < 1.29 is 4.79 Å². The molecule has 2 fully saturated rings. The molecule has 18 heavy (non-hydrogen) atoms. The Morgan fingerprint density at radius 2 is 1.83 bits per heavy atom. The SMILES string of the molecule is CC1CCCC(N(C)C(=O)N2CCCC(C)C2)C1. The molecule has 0 radical (unpaired) electrons. The molecule has 0 N–H and O–H groups in total. The summed E-state index contributed by atoms with van der Waals surface area (Å²) in [5, 5.41) is 0. The van der Waals surface area contributed by atoms with E-state index in [9.17, 15) is 4.79 Å². The lowest BCUT2D eigenvalue weighted by Gasteiger charge is -2.39. The third kappa shape index (κ3) is 3.18. The smallest absolute Gasteiger partial charge is 0.319 e. The monoisotopic (exact) mass is 252 g/mol. The van der Waals surface area contributed by atoms with Crippen LogP contribution in [0.2, 0.25) is 0 Å². The van der Waals surface area contributed by atoms with Gasteiger partial charge in [-0.25, -0.2) is 4.79 Å². The summed E-state index contributed by atoms with van der Waals surface area (Å²) in [6, 6.07) is 0.735. The van der Waals surface area contributed by atoms with E-state index in [-0.39, 0.29) is 6.03 Å². The highest BCUT2D eigenvalue weighted by Gasteiger charge is 2.29. The molecule has 0 spiro atoms. The van der Waals surface area contributed by atoms with Crippen LogP contribution in [0.5, 0.6) is 0 Å². The first kappa shape index (κ1) is 13.7. The van der Waals surface area contributed by atoms with E-state index in [4.69, 9.17) is 0 Å². The average Bonchev–Trinajstić information content (AvgIpc) is 2.37. The number of urea groups is 1. The molecule has 0 bridgehead atoms. The fraction of sp³-hybridized carbons (Fsp3) is 0.933. The van der Waals surface area contributed by atoms with Crippen LogP contribution in [0.4, 0.5) is 4.79 Å². The second-order valence-electron chi connectivity index (χ2n) is 6.51. The number of amides is 2. The van der Waals surface area contributed by atoms with Gasteiger partial charge in [0.05, 0.1) is 0 Å². The number of carbonyl (C=O) groups excluding carboxylic acids is 1. The maximum absolute atomic E-state index is 12.5. The van der Waals surface area contributed by atoms with E-state index in [1.165, 1.54) is 38.5 Å². The largest absolute Gasteiger partial charge is 0.325 e. The first-order chi connectivity index (χ1) is 8.58. The van der Waals surface area contributed by atoms with E-state index in [0.717, 1.165) is 19.0 Å². The molecule has 3 atom stereocenters. The number of hydrogen-bond donors (Lipinski definition) is 0. The molecule has 1 aliphatic carbocycles. The number of rotatable bonds is 1. The maximum atomic E-state index is 12.5. The number of carbonyl (C=O) groups is 1. The summed E-state index contributed by atoms with van der Waals surface area (Å²) in [5.74, 6) is 1.45. The first-order valence-electron chi connectivity index (χ1n) is 7.59. The van der Waals surface area contributed by atoms with Crippen LogP contribution in [0, 0.1) is 11.8 Å². The molecule has 0 aromatic rings. The standard InChI is InChI=1S/C15H28N2O/c1-12-6-4-8-14(10-12)16(3)15(18)17-9-5-7-13(2)11-17/h12-14H,4-11H2,1-3H3. The lowest BCUT2D eigenvalue weighted by molar-refractivity contribution is 0.110. The molecule has 3 unspecified atom stereocenters. The van der Waals surface area contributed by atoms with Gasteiger partial charge in [-0.05, 0) is 37.5 Å². The van der Waals surface area contributed by atoms with Gasteiger partial charge in [0, 0.05) is 26.2 Å². The maximum Gasteiger partial charge on any atom is 0.319 e. The average molecular weight is 252 g/mol. The first-order valence-corrected chi connectivity index (χ1v) is 7.59. The van der Waals surface area contributed by atoms with Crippen molar-refractivity contribution in [1.29, 1.82) is 0 Å². The summed E-state index contributed by atoms with van der Waals surface area (Å²) in [6.45, 7) is 6.47. The molecule has 1 heterocycles. The Morgan fingerprint density at radius 1 is 1.11 bits per heavy atom. The zero-order chi connectivity index (χ0) is 13.1. The van der Waals surface area contributed by atoms with Crippen molar-refractivity contribution in [3.8, 4) is 0 Å². The molecule has 1 saturated carbocycles. The summed E-state index contributed by atoms with van der Waals surface area (Å²) < 4.78 is 0. The molecule has 0 aromatic carbocycles. The molecule has 1 saturated heterocycles. The number of hydrogen-bond acceptors (Lipinski definition) is 1. The normalized spacial score (nSPS) is 33.3. The van der Waals surface area contributed by atoms with Crippen molar-refractivity contribution >= 4 is 6.03 Å².